The highest BCUT2D eigenvalue weighted by atomic mass is 16.5. The lowest BCUT2D eigenvalue weighted by Gasteiger charge is -2.38. The van der Waals surface area contributed by atoms with E-state index in [1.807, 2.05) is 20.8 Å². The first-order valence-electron chi connectivity index (χ1n) is 8.21. The van der Waals surface area contributed by atoms with Crippen molar-refractivity contribution in [3.8, 4) is 0 Å². The molecular weight excluding hydrogens is 306 g/mol. The summed E-state index contributed by atoms with van der Waals surface area (Å²) in [5.74, 6) is -0.330. The topological polar surface area (TPSA) is 72.5 Å². The van der Waals surface area contributed by atoms with Gasteiger partial charge in [-0.05, 0) is 42.5 Å². The van der Waals surface area contributed by atoms with E-state index < -0.39 is 16.8 Å². The third-order valence-corrected chi connectivity index (χ3v) is 6.70. The lowest BCUT2D eigenvalue weighted by atomic mass is 9.64. The molecule has 2 atom stereocenters. The molecule has 2 aliphatic carbocycles. The Morgan fingerprint density at radius 3 is 2.17 bits per heavy atom. The summed E-state index contributed by atoms with van der Waals surface area (Å²) in [6.45, 7) is 6.05. The van der Waals surface area contributed by atoms with Gasteiger partial charge >= 0.3 is 5.97 Å². The first-order valence-corrected chi connectivity index (χ1v) is 8.21. The summed E-state index contributed by atoms with van der Waals surface area (Å²) in [4.78, 5) is 36.9. The molecule has 24 heavy (non-hydrogen) atoms. The van der Waals surface area contributed by atoms with Crippen LogP contribution < -0.4 is 5.32 Å². The number of benzene rings is 1. The second kappa shape index (κ2) is 5.16. The fourth-order valence-corrected chi connectivity index (χ4v) is 4.42. The van der Waals surface area contributed by atoms with E-state index in [4.69, 9.17) is 0 Å². The molecule has 1 amide bonds. The number of esters is 1. The van der Waals surface area contributed by atoms with Crippen LogP contribution in [0.1, 0.15) is 50.4 Å². The first kappa shape index (κ1) is 16.7. The molecule has 1 aromatic carbocycles. The molecule has 0 radical (unpaired) electrons. The van der Waals surface area contributed by atoms with Crippen molar-refractivity contribution in [3.63, 3.8) is 0 Å². The molecule has 5 heteroatoms. The van der Waals surface area contributed by atoms with Crippen LogP contribution >= 0.6 is 0 Å². The molecule has 1 aromatic rings. The van der Waals surface area contributed by atoms with Gasteiger partial charge in [-0.3, -0.25) is 9.59 Å². The molecule has 2 fully saturated rings. The number of rotatable bonds is 3. The van der Waals surface area contributed by atoms with E-state index in [9.17, 15) is 14.4 Å². The van der Waals surface area contributed by atoms with Gasteiger partial charge in [-0.15, -0.1) is 0 Å². The largest absolute Gasteiger partial charge is 0.465 e. The van der Waals surface area contributed by atoms with Gasteiger partial charge in [-0.2, -0.15) is 0 Å². The number of hydrogen-bond donors (Lipinski definition) is 1. The Labute approximate surface area is 141 Å². The Balaban J connectivity index is 1.83. The number of hydrogen-bond acceptors (Lipinski definition) is 4. The minimum atomic E-state index is -0.653. The number of fused-ring (bicyclic) bond motifs is 2. The van der Waals surface area contributed by atoms with Crippen molar-refractivity contribution < 1.29 is 19.1 Å². The van der Waals surface area contributed by atoms with Crippen molar-refractivity contribution in [3.05, 3.63) is 29.8 Å². The maximum atomic E-state index is 13.0. The van der Waals surface area contributed by atoms with Gasteiger partial charge in [-0.25, -0.2) is 4.79 Å². The number of anilines is 1. The zero-order chi connectivity index (χ0) is 17.8. The smallest absolute Gasteiger partial charge is 0.337 e. The molecule has 0 heterocycles. The molecule has 128 valence electrons. The summed E-state index contributed by atoms with van der Waals surface area (Å²) in [7, 11) is 1.33. The number of Topliss-reactive ketones (excluding diaryl/α,β-unsaturated/α-hetero) is 1. The van der Waals surface area contributed by atoms with Gasteiger partial charge < -0.3 is 10.1 Å². The number of methoxy groups -OCH3 is 1. The minimum Gasteiger partial charge on any atom is -0.465 e. The van der Waals surface area contributed by atoms with Gasteiger partial charge in [0.05, 0.1) is 18.1 Å². The van der Waals surface area contributed by atoms with Crippen LogP contribution in [0.3, 0.4) is 0 Å². The molecule has 2 aliphatic rings. The summed E-state index contributed by atoms with van der Waals surface area (Å²) in [5.41, 5.74) is -0.393. The predicted molar refractivity (Wildman–Crippen MR) is 89.6 cm³/mol. The summed E-state index contributed by atoms with van der Waals surface area (Å²) < 4.78 is 4.66. The maximum Gasteiger partial charge on any atom is 0.337 e. The van der Waals surface area contributed by atoms with Gasteiger partial charge in [0.1, 0.15) is 5.78 Å². The van der Waals surface area contributed by atoms with Crippen LogP contribution in [0.2, 0.25) is 0 Å². The fraction of sp³-hybridized carbons (Fsp3) is 0.526. The summed E-state index contributed by atoms with van der Waals surface area (Å²) in [5, 5.41) is 2.94. The molecule has 0 spiro atoms. The Morgan fingerprint density at radius 1 is 1.08 bits per heavy atom. The van der Waals surface area contributed by atoms with E-state index in [1.165, 1.54) is 7.11 Å². The average molecular weight is 329 g/mol. The van der Waals surface area contributed by atoms with E-state index in [0.29, 0.717) is 17.7 Å². The number of ketones is 1. The molecule has 2 bridgehead atoms. The molecule has 2 saturated carbocycles. The van der Waals surface area contributed by atoms with Gasteiger partial charge in [0.15, 0.2) is 0 Å². The molecule has 3 rings (SSSR count). The maximum absolute atomic E-state index is 13.0. The van der Waals surface area contributed by atoms with Crippen LogP contribution in [0.5, 0.6) is 0 Å². The van der Waals surface area contributed by atoms with E-state index in [-0.39, 0.29) is 17.1 Å². The Hall–Kier alpha value is -2.17. The Morgan fingerprint density at radius 2 is 1.71 bits per heavy atom. The molecule has 0 aliphatic heterocycles. The first-order chi connectivity index (χ1) is 11.2. The summed E-state index contributed by atoms with van der Waals surface area (Å²) in [6.07, 6.45) is 1.80. The van der Waals surface area contributed by atoms with Crippen LogP contribution in [0, 0.1) is 16.2 Å². The van der Waals surface area contributed by atoms with Crippen molar-refractivity contribution in [2.45, 2.75) is 40.0 Å². The lowest BCUT2D eigenvalue weighted by Crippen LogP contribution is -2.43. The zero-order valence-electron chi connectivity index (χ0n) is 14.6. The highest BCUT2D eigenvalue weighted by Crippen LogP contribution is 2.70. The molecule has 1 N–H and O–H groups in total. The lowest BCUT2D eigenvalue weighted by molar-refractivity contribution is -0.131. The van der Waals surface area contributed by atoms with E-state index >= 15 is 0 Å². The van der Waals surface area contributed by atoms with Crippen LogP contribution in [-0.2, 0) is 14.3 Å². The zero-order valence-corrected chi connectivity index (χ0v) is 14.6. The molecule has 5 nitrogen and oxygen atoms in total. The van der Waals surface area contributed by atoms with Crippen LogP contribution in [0.25, 0.3) is 0 Å². The van der Waals surface area contributed by atoms with Crippen LogP contribution in [-0.4, -0.2) is 24.8 Å². The molecule has 0 saturated heterocycles. The highest BCUT2D eigenvalue weighted by Gasteiger charge is 2.72. The number of ether oxygens (including phenoxy) is 1. The van der Waals surface area contributed by atoms with Crippen LogP contribution in [0.15, 0.2) is 24.3 Å². The van der Waals surface area contributed by atoms with Gasteiger partial charge in [0.25, 0.3) is 0 Å². The highest BCUT2D eigenvalue weighted by molar-refractivity contribution is 6.04. The number of nitrogens with one attached hydrogen (secondary N) is 1. The minimum absolute atomic E-state index is 0.104. The normalized spacial score (nSPS) is 30.2. The average Bonchev–Trinajstić information content (AvgIpc) is 2.85. The SMILES string of the molecule is COC(=O)c1ccc(NC(=O)[C@@]23CC[C@](C)(C(=O)C2)C3(C)C)cc1. The third kappa shape index (κ3) is 1.96. The van der Waals surface area contributed by atoms with Gasteiger partial charge in [0, 0.05) is 17.5 Å². The predicted octanol–water partition coefficient (Wildman–Crippen LogP) is 3.20. The van der Waals surface area contributed by atoms with Crippen molar-refractivity contribution in [2.24, 2.45) is 16.2 Å². The van der Waals surface area contributed by atoms with E-state index in [0.717, 1.165) is 12.8 Å². The second-order valence-electron chi connectivity index (χ2n) is 7.66. The summed E-state index contributed by atoms with van der Waals surface area (Å²) in [6, 6.07) is 6.59. The monoisotopic (exact) mass is 329 g/mol. The summed E-state index contributed by atoms with van der Waals surface area (Å²) >= 11 is 0. The Bertz CT molecular complexity index is 721. The quantitative estimate of drug-likeness (QED) is 0.864. The van der Waals surface area contributed by atoms with Crippen molar-refractivity contribution >= 4 is 23.3 Å². The molecular formula is C19H23NO4. The Kier molecular flexibility index (Phi) is 3.59. The van der Waals surface area contributed by atoms with Crippen molar-refractivity contribution in [2.75, 3.05) is 12.4 Å². The van der Waals surface area contributed by atoms with Crippen molar-refractivity contribution in [1.82, 2.24) is 0 Å². The van der Waals surface area contributed by atoms with Crippen molar-refractivity contribution in [1.29, 1.82) is 0 Å². The van der Waals surface area contributed by atoms with Crippen LogP contribution in [0.4, 0.5) is 5.69 Å². The molecule has 0 unspecified atom stereocenters. The van der Waals surface area contributed by atoms with Gasteiger partial charge in [-0.1, -0.05) is 20.8 Å². The van der Waals surface area contributed by atoms with E-state index in [2.05, 4.69) is 10.1 Å². The fourth-order valence-electron chi connectivity index (χ4n) is 4.42. The molecule has 0 aromatic heterocycles. The number of carbonyl (C=O) groups is 3. The van der Waals surface area contributed by atoms with Gasteiger partial charge in [0.2, 0.25) is 5.91 Å². The second-order valence-corrected chi connectivity index (χ2v) is 7.66. The number of carbonyl (C=O) groups excluding carboxylic acids is 3. The number of amides is 1. The standard InChI is InChI=1S/C19H23NO4/c1-17(2)18(3)9-10-19(17,11-14(18)21)16(23)20-13-7-5-12(6-8-13)15(22)24-4/h5-8H,9-11H2,1-4H3,(H,20,23)/t18-,19-/m1/s1. The van der Waals surface area contributed by atoms with E-state index in [1.54, 1.807) is 24.3 Å². The third-order valence-electron chi connectivity index (χ3n) is 6.70.